The van der Waals surface area contributed by atoms with Crippen LogP contribution in [0.1, 0.15) is 0 Å². The number of rotatable bonds is 3. The van der Waals surface area contributed by atoms with Gasteiger partial charge in [0.05, 0.1) is 12.6 Å². The summed E-state index contributed by atoms with van der Waals surface area (Å²) in [6.45, 7) is 0. The van der Waals surface area contributed by atoms with Crippen molar-refractivity contribution in [2.45, 2.75) is 0 Å². The number of fused-ring (bicyclic) bond motifs is 2. The second-order valence-electron chi connectivity index (χ2n) is 5.17. The number of aromatic hydroxyl groups is 1. The second kappa shape index (κ2) is 5.17. The van der Waals surface area contributed by atoms with Crippen LogP contribution in [0.15, 0.2) is 48.9 Å². The van der Waals surface area contributed by atoms with Crippen LogP contribution in [-0.4, -0.2) is 27.2 Å². The Morgan fingerprint density at radius 1 is 1.13 bits per heavy atom. The smallest absolute Gasteiger partial charge is 0.161 e. The van der Waals surface area contributed by atoms with Crippen LogP contribution in [0.3, 0.4) is 0 Å². The first kappa shape index (κ1) is 13.4. The minimum atomic E-state index is 0.0532. The standard InChI is InChI=1S/C17H14N4O2/c1-23-16-7-12-14(8-15(16)22)19-9-20-17(12)21-11-3-2-10-4-5-18-13(10)6-11/h2-9,18,22H,1H3,(H,19,20,21). The topological polar surface area (TPSA) is 83.1 Å². The normalized spacial score (nSPS) is 11.0. The van der Waals surface area contributed by atoms with Gasteiger partial charge in [-0.1, -0.05) is 6.07 Å². The quantitative estimate of drug-likeness (QED) is 0.539. The molecule has 0 fully saturated rings. The summed E-state index contributed by atoms with van der Waals surface area (Å²) in [5, 5.41) is 15.1. The van der Waals surface area contributed by atoms with Crippen molar-refractivity contribution in [1.82, 2.24) is 15.0 Å². The fraction of sp³-hybridized carbons (Fsp3) is 0.0588. The predicted molar refractivity (Wildman–Crippen MR) is 89.3 cm³/mol. The maximum absolute atomic E-state index is 9.87. The molecule has 0 saturated carbocycles. The van der Waals surface area contributed by atoms with Crippen LogP contribution >= 0.6 is 0 Å². The van der Waals surface area contributed by atoms with Gasteiger partial charge >= 0.3 is 0 Å². The van der Waals surface area contributed by atoms with Crippen LogP contribution in [0.25, 0.3) is 21.8 Å². The van der Waals surface area contributed by atoms with Crippen molar-refractivity contribution >= 4 is 33.3 Å². The number of nitrogens with one attached hydrogen (secondary N) is 2. The molecule has 0 bridgehead atoms. The summed E-state index contributed by atoms with van der Waals surface area (Å²) < 4.78 is 5.17. The molecule has 2 aromatic carbocycles. The molecule has 2 heterocycles. The van der Waals surface area contributed by atoms with Crippen molar-refractivity contribution in [3.8, 4) is 11.5 Å². The van der Waals surface area contributed by atoms with Gasteiger partial charge in [0, 0.05) is 28.9 Å². The third-order valence-electron chi connectivity index (χ3n) is 3.75. The minimum Gasteiger partial charge on any atom is -0.504 e. The average molecular weight is 306 g/mol. The molecule has 6 nitrogen and oxygen atoms in total. The van der Waals surface area contributed by atoms with Gasteiger partial charge in [0.15, 0.2) is 11.5 Å². The highest BCUT2D eigenvalue weighted by Gasteiger charge is 2.10. The molecule has 0 aliphatic rings. The van der Waals surface area contributed by atoms with Crippen LogP contribution in [0.5, 0.6) is 11.5 Å². The first-order chi connectivity index (χ1) is 11.2. The lowest BCUT2D eigenvalue weighted by Gasteiger charge is -2.10. The largest absolute Gasteiger partial charge is 0.504 e. The molecular weight excluding hydrogens is 292 g/mol. The summed E-state index contributed by atoms with van der Waals surface area (Å²) in [6.07, 6.45) is 3.37. The zero-order chi connectivity index (χ0) is 15.8. The van der Waals surface area contributed by atoms with E-state index in [1.165, 1.54) is 13.4 Å². The summed E-state index contributed by atoms with van der Waals surface area (Å²) in [4.78, 5) is 11.7. The molecule has 6 heteroatoms. The van der Waals surface area contributed by atoms with Crippen LogP contribution in [0, 0.1) is 0 Å². The van der Waals surface area contributed by atoms with Gasteiger partial charge in [-0.2, -0.15) is 0 Å². The van der Waals surface area contributed by atoms with E-state index < -0.39 is 0 Å². The van der Waals surface area contributed by atoms with Gasteiger partial charge in [-0.25, -0.2) is 9.97 Å². The molecule has 0 atom stereocenters. The molecular formula is C17H14N4O2. The number of ether oxygens (including phenoxy) is 1. The second-order valence-corrected chi connectivity index (χ2v) is 5.17. The van der Waals surface area contributed by atoms with E-state index in [9.17, 15) is 5.11 Å². The Hall–Kier alpha value is -3.28. The Morgan fingerprint density at radius 3 is 2.91 bits per heavy atom. The zero-order valence-electron chi connectivity index (χ0n) is 12.4. The summed E-state index contributed by atoms with van der Waals surface area (Å²) in [5.41, 5.74) is 2.59. The molecule has 0 radical (unpaired) electrons. The Bertz CT molecular complexity index is 1010. The average Bonchev–Trinajstić information content (AvgIpc) is 3.02. The third-order valence-corrected chi connectivity index (χ3v) is 3.75. The lowest BCUT2D eigenvalue weighted by atomic mass is 10.2. The van der Waals surface area contributed by atoms with E-state index in [1.807, 2.05) is 30.5 Å². The molecule has 2 aromatic heterocycles. The summed E-state index contributed by atoms with van der Waals surface area (Å²) in [7, 11) is 1.51. The number of H-pyrrole nitrogens is 1. The van der Waals surface area contributed by atoms with E-state index in [1.54, 1.807) is 12.1 Å². The number of nitrogens with zero attached hydrogens (tertiary/aromatic N) is 2. The van der Waals surface area contributed by atoms with Gasteiger partial charge in [0.1, 0.15) is 12.1 Å². The SMILES string of the molecule is COc1cc2c(Nc3ccc4cc[nH]c4c3)ncnc2cc1O. The van der Waals surface area contributed by atoms with Crippen LogP contribution < -0.4 is 10.1 Å². The van der Waals surface area contributed by atoms with Gasteiger partial charge in [-0.3, -0.25) is 0 Å². The zero-order valence-corrected chi connectivity index (χ0v) is 12.4. The molecule has 23 heavy (non-hydrogen) atoms. The highest BCUT2D eigenvalue weighted by molar-refractivity contribution is 5.93. The Labute approximate surface area is 131 Å². The molecule has 0 amide bonds. The first-order valence-corrected chi connectivity index (χ1v) is 7.10. The molecule has 3 N–H and O–H groups in total. The van der Waals surface area contributed by atoms with Crippen molar-refractivity contribution in [2.75, 3.05) is 12.4 Å². The Kier molecular flexibility index (Phi) is 3.01. The van der Waals surface area contributed by atoms with Crippen molar-refractivity contribution in [1.29, 1.82) is 0 Å². The number of methoxy groups -OCH3 is 1. The summed E-state index contributed by atoms with van der Waals surface area (Å²) in [5.74, 6) is 1.09. The maximum Gasteiger partial charge on any atom is 0.161 e. The fourth-order valence-corrected chi connectivity index (χ4v) is 2.60. The van der Waals surface area contributed by atoms with E-state index in [2.05, 4.69) is 20.3 Å². The fourth-order valence-electron chi connectivity index (χ4n) is 2.60. The lowest BCUT2D eigenvalue weighted by molar-refractivity contribution is 0.374. The van der Waals surface area contributed by atoms with E-state index in [0.29, 0.717) is 17.1 Å². The highest BCUT2D eigenvalue weighted by Crippen LogP contribution is 2.33. The molecule has 0 aliphatic carbocycles. The number of aromatic nitrogens is 3. The number of anilines is 2. The Morgan fingerprint density at radius 2 is 2.04 bits per heavy atom. The van der Waals surface area contributed by atoms with Crippen molar-refractivity contribution in [3.63, 3.8) is 0 Å². The Balaban J connectivity index is 1.81. The van der Waals surface area contributed by atoms with Crippen molar-refractivity contribution < 1.29 is 9.84 Å². The minimum absolute atomic E-state index is 0.0532. The summed E-state index contributed by atoms with van der Waals surface area (Å²) in [6, 6.07) is 11.3. The number of benzene rings is 2. The lowest BCUT2D eigenvalue weighted by Crippen LogP contribution is -1.96. The molecule has 4 rings (SSSR count). The number of aromatic amines is 1. The number of phenols is 1. The van der Waals surface area contributed by atoms with Gasteiger partial charge in [-0.15, -0.1) is 0 Å². The first-order valence-electron chi connectivity index (χ1n) is 7.10. The van der Waals surface area contributed by atoms with Gasteiger partial charge in [-0.05, 0) is 29.7 Å². The van der Waals surface area contributed by atoms with Crippen LogP contribution in [0.2, 0.25) is 0 Å². The molecule has 114 valence electrons. The van der Waals surface area contributed by atoms with Crippen molar-refractivity contribution in [2.24, 2.45) is 0 Å². The molecule has 4 aromatic rings. The number of phenolic OH excluding ortho intramolecular Hbond substituents is 1. The highest BCUT2D eigenvalue weighted by atomic mass is 16.5. The third kappa shape index (κ3) is 2.30. The van der Waals surface area contributed by atoms with Crippen LogP contribution in [0.4, 0.5) is 11.5 Å². The summed E-state index contributed by atoms with van der Waals surface area (Å²) >= 11 is 0. The van der Waals surface area contributed by atoms with E-state index in [0.717, 1.165) is 22.0 Å². The monoisotopic (exact) mass is 306 g/mol. The maximum atomic E-state index is 9.87. The molecule has 0 aliphatic heterocycles. The number of hydrogen-bond acceptors (Lipinski definition) is 5. The van der Waals surface area contributed by atoms with Crippen molar-refractivity contribution in [3.05, 3.63) is 48.9 Å². The molecule has 0 unspecified atom stereocenters. The van der Waals surface area contributed by atoms with E-state index >= 15 is 0 Å². The predicted octanol–water partition coefficient (Wildman–Crippen LogP) is 3.57. The van der Waals surface area contributed by atoms with Gasteiger partial charge in [0.25, 0.3) is 0 Å². The van der Waals surface area contributed by atoms with E-state index in [-0.39, 0.29) is 5.75 Å². The number of hydrogen-bond donors (Lipinski definition) is 3. The van der Waals surface area contributed by atoms with Gasteiger partial charge < -0.3 is 20.1 Å². The van der Waals surface area contributed by atoms with Crippen LogP contribution in [-0.2, 0) is 0 Å². The van der Waals surface area contributed by atoms with E-state index in [4.69, 9.17) is 4.74 Å². The molecule has 0 spiro atoms. The molecule has 0 saturated heterocycles. The van der Waals surface area contributed by atoms with Gasteiger partial charge in [0.2, 0.25) is 0 Å².